The normalized spacial score (nSPS) is 12.0. The van der Waals surface area contributed by atoms with Gasteiger partial charge < -0.3 is 4.57 Å². The fourth-order valence-corrected chi connectivity index (χ4v) is 3.92. The van der Waals surface area contributed by atoms with Crippen LogP contribution < -0.4 is 10.0 Å². The Morgan fingerprint density at radius 2 is 1.70 bits per heavy atom. The Labute approximate surface area is 172 Å². The van der Waals surface area contributed by atoms with Crippen molar-refractivity contribution in [2.75, 3.05) is 15.8 Å². The quantitative estimate of drug-likeness (QED) is 0.539. The minimum Gasteiger partial charge on any atom is -0.340 e. The number of hydrogen-bond acceptors (Lipinski definition) is 4. The zero-order chi connectivity index (χ0) is 22.1. The molecule has 6 nitrogen and oxygen atoms in total. The topological polar surface area (TPSA) is 86.9 Å². The summed E-state index contributed by atoms with van der Waals surface area (Å²) < 4.78 is 65.8. The number of aromatic nitrogens is 1. The van der Waals surface area contributed by atoms with Crippen molar-refractivity contribution in [3.05, 3.63) is 48.0 Å². The molecule has 1 heterocycles. The highest BCUT2D eigenvalue weighted by molar-refractivity contribution is 7.92. The number of sulfonamides is 1. The number of alkyl halides is 3. The van der Waals surface area contributed by atoms with Crippen LogP contribution in [0.15, 0.2) is 42.5 Å². The van der Waals surface area contributed by atoms with Gasteiger partial charge in [-0.05, 0) is 49.7 Å². The molecule has 2 N–H and O–H groups in total. The van der Waals surface area contributed by atoms with E-state index in [4.69, 9.17) is 0 Å². The Morgan fingerprint density at radius 1 is 1.07 bits per heavy atom. The SMILES string of the molecule is CCn1c(-c2ccc(NS(=O)(=O)CC)cc2)c(C#N)c2ccc(NC(F)(F)F)cc21. The second kappa shape index (κ2) is 7.91. The lowest BCUT2D eigenvalue weighted by molar-refractivity contribution is -0.0999. The Balaban J connectivity index is 2.12. The summed E-state index contributed by atoms with van der Waals surface area (Å²) in [5, 5.41) is 11.8. The van der Waals surface area contributed by atoms with Crippen molar-refractivity contribution < 1.29 is 21.6 Å². The molecule has 0 radical (unpaired) electrons. The lowest BCUT2D eigenvalue weighted by Gasteiger charge is -2.12. The van der Waals surface area contributed by atoms with Gasteiger partial charge in [-0.25, -0.2) is 8.42 Å². The molecule has 1 aromatic heterocycles. The van der Waals surface area contributed by atoms with Crippen molar-refractivity contribution in [3.63, 3.8) is 0 Å². The van der Waals surface area contributed by atoms with Gasteiger partial charge in [-0.3, -0.25) is 10.0 Å². The van der Waals surface area contributed by atoms with Gasteiger partial charge in [0.15, 0.2) is 0 Å². The number of nitrogens with zero attached hydrogens (tertiary/aromatic N) is 2. The highest BCUT2D eigenvalue weighted by Gasteiger charge is 2.27. The molecule has 0 aliphatic carbocycles. The molecule has 0 aliphatic heterocycles. The van der Waals surface area contributed by atoms with E-state index in [2.05, 4.69) is 10.8 Å². The molecule has 0 aliphatic rings. The molecule has 158 valence electrons. The first-order valence-corrected chi connectivity index (χ1v) is 10.8. The summed E-state index contributed by atoms with van der Waals surface area (Å²) >= 11 is 0. The second-order valence-corrected chi connectivity index (χ2v) is 8.53. The van der Waals surface area contributed by atoms with Gasteiger partial charge in [-0.2, -0.15) is 18.4 Å². The van der Waals surface area contributed by atoms with Crippen molar-refractivity contribution in [2.24, 2.45) is 0 Å². The summed E-state index contributed by atoms with van der Waals surface area (Å²) in [5.74, 6) is -0.0638. The van der Waals surface area contributed by atoms with E-state index < -0.39 is 16.3 Å². The molecule has 0 saturated carbocycles. The van der Waals surface area contributed by atoms with Crippen LogP contribution in [0.1, 0.15) is 19.4 Å². The van der Waals surface area contributed by atoms with Crippen molar-refractivity contribution in [2.45, 2.75) is 26.7 Å². The summed E-state index contributed by atoms with van der Waals surface area (Å²) in [4.78, 5) is 0. The number of rotatable bonds is 6. The van der Waals surface area contributed by atoms with E-state index in [1.54, 1.807) is 28.8 Å². The van der Waals surface area contributed by atoms with Crippen LogP contribution in [-0.2, 0) is 16.6 Å². The molecule has 0 spiro atoms. The molecule has 2 aromatic carbocycles. The second-order valence-electron chi connectivity index (χ2n) is 6.52. The molecule has 0 fully saturated rings. The van der Waals surface area contributed by atoms with Gasteiger partial charge in [-0.15, -0.1) is 0 Å². The molecule has 0 bridgehead atoms. The number of fused-ring (bicyclic) bond motifs is 1. The number of aryl methyl sites for hydroxylation is 1. The zero-order valence-electron chi connectivity index (χ0n) is 16.2. The smallest absolute Gasteiger partial charge is 0.340 e. The van der Waals surface area contributed by atoms with E-state index in [0.717, 1.165) is 0 Å². The van der Waals surface area contributed by atoms with Crippen LogP contribution in [0.5, 0.6) is 0 Å². The van der Waals surface area contributed by atoms with Crippen LogP contribution in [0, 0.1) is 11.3 Å². The Morgan fingerprint density at radius 3 is 2.23 bits per heavy atom. The predicted octanol–water partition coefficient (Wildman–Crippen LogP) is 4.89. The largest absolute Gasteiger partial charge is 0.482 e. The number of nitriles is 1. The minimum atomic E-state index is -4.57. The summed E-state index contributed by atoms with van der Waals surface area (Å²) in [5.41, 5.74) is 2.30. The molecular formula is C20H19F3N4O2S. The van der Waals surface area contributed by atoms with E-state index in [9.17, 15) is 26.9 Å². The number of hydrogen-bond donors (Lipinski definition) is 2. The van der Waals surface area contributed by atoms with Gasteiger partial charge >= 0.3 is 6.30 Å². The molecular weight excluding hydrogens is 417 g/mol. The summed E-state index contributed by atoms with van der Waals surface area (Å²) in [7, 11) is -3.42. The first-order chi connectivity index (χ1) is 14.1. The molecule has 3 rings (SSSR count). The van der Waals surface area contributed by atoms with Gasteiger partial charge in [0.1, 0.15) is 6.07 Å². The van der Waals surface area contributed by atoms with Crippen LogP contribution in [0.4, 0.5) is 24.5 Å². The van der Waals surface area contributed by atoms with Crippen molar-refractivity contribution in [1.29, 1.82) is 5.26 Å². The van der Waals surface area contributed by atoms with Gasteiger partial charge in [0.2, 0.25) is 10.0 Å². The predicted molar refractivity (Wildman–Crippen MR) is 111 cm³/mol. The summed E-state index contributed by atoms with van der Waals surface area (Å²) in [6.07, 6.45) is -4.57. The fourth-order valence-electron chi connectivity index (χ4n) is 3.28. The monoisotopic (exact) mass is 436 g/mol. The standard InChI is InChI=1S/C20H19F3N4O2S/c1-3-27-18-11-15(25-20(21,22)23)9-10-16(18)17(12-24)19(27)13-5-7-14(8-6-13)26-30(28,29)4-2/h5-11,25-26H,3-4H2,1-2H3. The summed E-state index contributed by atoms with van der Waals surface area (Å²) in [6, 6.07) is 12.8. The van der Waals surface area contributed by atoms with Crippen LogP contribution >= 0.6 is 0 Å². The average Bonchev–Trinajstić information content (AvgIpc) is 2.99. The van der Waals surface area contributed by atoms with Crippen molar-refractivity contribution >= 4 is 32.3 Å². The molecule has 3 aromatic rings. The lowest BCUT2D eigenvalue weighted by Crippen LogP contribution is -2.20. The van der Waals surface area contributed by atoms with Crippen LogP contribution in [0.25, 0.3) is 22.2 Å². The minimum absolute atomic E-state index is 0.0638. The number of anilines is 2. The van der Waals surface area contributed by atoms with Crippen LogP contribution in [0.2, 0.25) is 0 Å². The zero-order valence-corrected chi connectivity index (χ0v) is 17.0. The molecule has 0 unspecified atom stereocenters. The fraction of sp³-hybridized carbons (Fsp3) is 0.250. The van der Waals surface area contributed by atoms with Gasteiger partial charge in [0, 0.05) is 23.3 Å². The van der Waals surface area contributed by atoms with Crippen molar-refractivity contribution in [1.82, 2.24) is 4.57 Å². The third kappa shape index (κ3) is 4.36. The Bertz CT molecular complexity index is 1220. The lowest BCUT2D eigenvalue weighted by atomic mass is 10.1. The third-order valence-corrected chi connectivity index (χ3v) is 5.90. The maximum atomic E-state index is 12.7. The first-order valence-electron chi connectivity index (χ1n) is 9.10. The maximum absolute atomic E-state index is 12.7. The number of benzene rings is 2. The van der Waals surface area contributed by atoms with E-state index in [0.29, 0.717) is 40.0 Å². The Hall–Kier alpha value is -3.19. The number of halogens is 3. The molecule has 0 saturated heterocycles. The van der Waals surface area contributed by atoms with E-state index in [1.807, 2.05) is 6.92 Å². The first kappa shape index (κ1) is 21.5. The van der Waals surface area contributed by atoms with E-state index >= 15 is 0 Å². The van der Waals surface area contributed by atoms with Crippen molar-refractivity contribution in [3.8, 4) is 17.3 Å². The molecule has 0 amide bonds. The molecule has 10 heteroatoms. The van der Waals surface area contributed by atoms with E-state index in [1.165, 1.54) is 30.4 Å². The maximum Gasteiger partial charge on any atom is 0.482 e. The summed E-state index contributed by atoms with van der Waals surface area (Å²) in [6.45, 7) is 3.78. The highest BCUT2D eigenvalue weighted by Crippen LogP contribution is 2.36. The highest BCUT2D eigenvalue weighted by atomic mass is 32.2. The van der Waals surface area contributed by atoms with Crippen LogP contribution in [-0.4, -0.2) is 25.0 Å². The van der Waals surface area contributed by atoms with Gasteiger partial charge in [0.05, 0.1) is 22.5 Å². The van der Waals surface area contributed by atoms with E-state index in [-0.39, 0.29) is 11.4 Å². The number of nitrogens with one attached hydrogen (secondary N) is 2. The average molecular weight is 436 g/mol. The molecule has 30 heavy (non-hydrogen) atoms. The third-order valence-electron chi connectivity index (χ3n) is 4.59. The molecule has 0 atom stereocenters. The Kier molecular flexibility index (Phi) is 5.67. The van der Waals surface area contributed by atoms with Gasteiger partial charge in [0.25, 0.3) is 0 Å². The van der Waals surface area contributed by atoms with Gasteiger partial charge in [-0.1, -0.05) is 12.1 Å². The van der Waals surface area contributed by atoms with Crippen LogP contribution in [0.3, 0.4) is 0 Å².